The predicted octanol–water partition coefficient (Wildman–Crippen LogP) is 1.57. The first-order chi connectivity index (χ1) is 5.61. The highest BCUT2D eigenvalue weighted by Crippen LogP contribution is 1.94. The Morgan fingerprint density at radius 2 is 1.85 bits per heavy atom. The average molecular weight is 188 g/mol. The summed E-state index contributed by atoms with van der Waals surface area (Å²) in [4.78, 5) is 12.9. The van der Waals surface area contributed by atoms with Crippen molar-refractivity contribution in [2.24, 2.45) is 0 Å². The van der Waals surface area contributed by atoms with Gasteiger partial charge in [0.05, 0.1) is 0 Å². The standard InChI is InChI=1S/C9H17NO2.H3N/c1-5-10(6-2)7-12-9(11)8(3)4;/h3,5-7H2,1-2,4H3;1H3. The first-order valence-corrected chi connectivity index (χ1v) is 4.16. The van der Waals surface area contributed by atoms with Crippen LogP contribution in [0.1, 0.15) is 20.8 Å². The molecule has 3 N–H and O–H groups in total. The van der Waals surface area contributed by atoms with Gasteiger partial charge in [-0.15, -0.1) is 0 Å². The van der Waals surface area contributed by atoms with Gasteiger partial charge < -0.3 is 10.9 Å². The van der Waals surface area contributed by atoms with Gasteiger partial charge in [0.15, 0.2) is 0 Å². The highest BCUT2D eigenvalue weighted by Gasteiger charge is 2.05. The van der Waals surface area contributed by atoms with Crippen molar-refractivity contribution < 1.29 is 9.53 Å². The Hall–Kier alpha value is -0.870. The summed E-state index contributed by atoms with van der Waals surface area (Å²) < 4.78 is 4.93. The fourth-order valence-corrected chi connectivity index (χ4v) is 0.679. The van der Waals surface area contributed by atoms with Gasteiger partial charge in [-0.25, -0.2) is 4.79 Å². The summed E-state index contributed by atoms with van der Waals surface area (Å²) in [6, 6.07) is 0. The maximum absolute atomic E-state index is 10.9. The number of rotatable bonds is 5. The van der Waals surface area contributed by atoms with E-state index in [0.29, 0.717) is 12.3 Å². The van der Waals surface area contributed by atoms with Crippen LogP contribution in [0, 0.1) is 0 Å². The van der Waals surface area contributed by atoms with Crippen LogP contribution < -0.4 is 6.15 Å². The lowest BCUT2D eigenvalue weighted by Gasteiger charge is -2.17. The van der Waals surface area contributed by atoms with E-state index in [9.17, 15) is 4.79 Å². The normalized spacial score (nSPS) is 9.23. The van der Waals surface area contributed by atoms with Crippen LogP contribution in [0.4, 0.5) is 0 Å². The summed E-state index contributed by atoms with van der Waals surface area (Å²) in [7, 11) is 0. The Morgan fingerprint density at radius 1 is 1.38 bits per heavy atom. The van der Waals surface area contributed by atoms with Crippen LogP contribution in [0.15, 0.2) is 12.2 Å². The number of nitrogens with zero attached hydrogens (tertiary/aromatic N) is 1. The van der Waals surface area contributed by atoms with Gasteiger partial charge in [0.1, 0.15) is 6.73 Å². The molecule has 0 unspecified atom stereocenters. The van der Waals surface area contributed by atoms with Gasteiger partial charge in [-0.1, -0.05) is 20.4 Å². The number of hydrogen-bond acceptors (Lipinski definition) is 4. The zero-order valence-electron chi connectivity index (χ0n) is 8.80. The van der Waals surface area contributed by atoms with Crippen LogP contribution >= 0.6 is 0 Å². The van der Waals surface area contributed by atoms with E-state index < -0.39 is 0 Å². The van der Waals surface area contributed by atoms with E-state index in [1.54, 1.807) is 6.92 Å². The molecule has 0 rings (SSSR count). The molecule has 0 aromatic heterocycles. The Morgan fingerprint density at radius 3 is 2.15 bits per heavy atom. The van der Waals surface area contributed by atoms with E-state index in [1.807, 2.05) is 18.7 Å². The lowest BCUT2D eigenvalue weighted by molar-refractivity contribution is -0.143. The molecular formula is C9H20N2O2. The van der Waals surface area contributed by atoms with E-state index in [0.717, 1.165) is 13.1 Å². The molecule has 0 bridgehead atoms. The predicted molar refractivity (Wildman–Crippen MR) is 53.7 cm³/mol. The van der Waals surface area contributed by atoms with Gasteiger partial charge in [0, 0.05) is 5.57 Å². The highest BCUT2D eigenvalue weighted by atomic mass is 16.5. The van der Waals surface area contributed by atoms with E-state index >= 15 is 0 Å². The van der Waals surface area contributed by atoms with Crippen molar-refractivity contribution in [3.05, 3.63) is 12.2 Å². The Bertz CT molecular complexity index is 165. The molecule has 0 saturated heterocycles. The molecule has 0 saturated carbocycles. The van der Waals surface area contributed by atoms with E-state index in [1.165, 1.54) is 0 Å². The van der Waals surface area contributed by atoms with Crippen molar-refractivity contribution in [1.29, 1.82) is 0 Å². The third kappa shape index (κ3) is 6.31. The molecule has 0 aromatic rings. The quantitative estimate of drug-likeness (QED) is 0.404. The van der Waals surface area contributed by atoms with Crippen molar-refractivity contribution in [1.82, 2.24) is 11.1 Å². The third-order valence-electron chi connectivity index (χ3n) is 1.62. The number of carbonyl (C=O) groups excluding carboxylic acids is 1. The second kappa shape index (κ2) is 7.76. The van der Waals surface area contributed by atoms with E-state index in [-0.39, 0.29) is 12.1 Å². The SMILES string of the molecule is C=C(C)C(=O)OCN(CC)CC.N. The van der Waals surface area contributed by atoms with Crippen molar-refractivity contribution in [3.8, 4) is 0 Å². The van der Waals surface area contributed by atoms with Crippen LogP contribution in [-0.2, 0) is 9.53 Å². The molecule has 0 aliphatic carbocycles. The van der Waals surface area contributed by atoms with Crippen LogP contribution in [-0.4, -0.2) is 30.7 Å². The molecule has 0 spiro atoms. The molecule has 0 aromatic carbocycles. The first kappa shape index (κ1) is 14.6. The van der Waals surface area contributed by atoms with E-state index in [2.05, 4.69) is 6.58 Å². The molecule has 13 heavy (non-hydrogen) atoms. The van der Waals surface area contributed by atoms with Gasteiger partial charge in [0.25, 0.3) is 0 Å². The van der Waals surface area contributed by atoms with Gasteiger partial charge >= 0.3 is 5.97 Å². The molecular weight excluding hydrogens is 168 g/mol. The number of hydrogen-bond donors (Lipinski definition) is 1. The topological polar surface area (TPSA) is 64.5 Å². The zero-order chi connectivity index (χ0) is 9.56. The van der Waals surface area contributed by atoms with E-state index in [4.69, 9.17) is 4.74 Å². The second-order valence-electron chi connectivity index (χ2n) is 2.64. The zero-order valence-corrected chi connectivity index (χ0v) is 8.80. The molecule has 0 atom stereocenters. The van der Waals surface area contributed by atoms with Gasteiger partial charge in [-0.2, -0.15) is 0 Å². The molecule has 4 nitrogen and oxygen atoms in total. The summed E-state index contributed by atoms with van der Waals surface area (Å²) in [5.74, 6) is -0.318. The Labute approximate surface area is 80.1 Å². The maximum Gasteiger partial charge on any atom is 0.334 e. The van der Waals surface area contributed by atoms with Crippen molar-refractivity contribution >= 4 is 5.97 Å². The van der Waals surface area contributed by atoms with Crippen LogP contribution in [0.25, 0.3) is 0 Å². The molecule has 0 fully saturated rings. The summed E-state index contributed by atoms with van der Waals surface area (Å²) >= 11 is 0. The monoisotopic (exact) mass is 188 g/mol. The highest BCUT2D eigenvalue weighted by molar-refractivity contribution is 5.86. The summed E-state index contributed by atoms with van der Waals surface area (Å²) in [5.41, 5.74) is 0.446. The number of esters is 1. The summed E-state index contributed by atoms with van der Waals surface area (Å²) in [6.45, 7) is 11.3. The molecule has 0 aliphatic rings. The van der Waals surface area contributed by atoms with Crippen molar-refractivity contribution in [2.45, 2.75) is 20.8 Å². The van der Waals surface area contributed by atoms with Gasteiger partial charge in [0.2, 0.25) is 0 Å². The van der Waals surface area contributed by atoms with Crippen LogP contribution in [0.5, 0.6) is 0 Å². The first-order valence-electron chi connectivity index (χ1n) is 4.16. The Kier molecular flexibility index (Phi) is 8.74. The summed E-state index contributed by atoms with van der Waals surface area (Å²) in [6.07, 6.45) is 0. The average Bonchev–Trinajstić information content (AvgIpc) is 2.05. The molecule has 0 heterocycles. The van der Waals surface area contributed by atoms with Crippen molar-refractivity contribution in [2.75, 3.05) is 19.8 Å². The Balaban J connectivity index is 0. The number of carbonyl (C=O) groups is 1. The summed E-state index contributed by atoms with van der Waals surface area (Å²) in [5, 5.41) is 0. The minimum absolute atomic E-state index is 0. The molecule has 0 aliphatic heterocycles. The molecule has 4 heteroatoms. The number of ether oxygens (including phenoxy) is 1. The fourth-order valence-electron chi connectivity index (χ4n) is 0.679. The maximum atomic E-state index is 10.9. The lowest BCUT2D eigenvalue weighted by Crippen LogP contribution is -2.27. The second-order valence-corrected chi connectivity index (χ2v) is 2.64. The smallest absolute Gasteiger partial charge is 0.334 e. The lowest BCUT2D eigenvalue weighted by atomic mass is 10.4. The largest absolute Gasteiger partial charge is 0.446 e. The fraction of sp³-hybridized carbons (Fsp3) is 0.667. The molecule has 0 radical (unpaired) electrons. The minimum atomic E-state index is -0.318. The minimum Gasteiger partial charge on any atom is -0.446 e. The van der Waals surface area contributed by atoms with Crippen LogP contribution in [0.2, 0.25) is 0 Å². The third-order valence-corrected chi connectivity index (χ3v) is 1.62. The van der Waals surface area contributed by atoms with Crippen LogP contribution in [0.3, 0.4) is 0 Å². The van der Waals surface area contributed by atoms with Crippen molar-refractivity contribution in [3.63, 3.8) is 0 Å². The molecule has 0 amide bonds. The van der Waals surface area contributed by atoms with Gasteiger partial charge in [-0.05, 0) is 20.0 Å². The molecule has 78 valence electrons. The van der Waals surface area contributed by atoms with Gasteiger partial charge in [-0.3, -0.25) is 4.90 Å².